The lowest BCUT2D eigenvalue weighted by Crippen LogP contribution is -2.09. The molecule has 1 rings (SSSR count). The highest BCUT2D eigenvalue weighted by atomic mass is 15.3. The van der Waals surface area contributed by atoms with Crippen LogP contribution in [0.1, 0.15) is 5.69 Å². The number of hydrazine groups is 1. The fourth-order valence-corrected chi connectivity index (χ4v) is 0.469. The van der Waals surface area contributed by atoms with E-state index < -0.39 is 0 Å². The molecular formula is C5H5N5. The van der Waals surface area contributed by atoms with Gasteiger partial charge in [-0.2, -0.15) is 5.26 Å². The Labute approximate surface area is 57.5 Å². The Morgan fingerprint density at radius 3 is 2.70 bits per heavy atom. The number of hydrogen-bond acceptors (Lipinski definition) is 5. The number of rotatable bonds is 1. The highest BCUT2D eigenvalue weighted by molar-refractivity contribution is 5.33. The maximum atomic E-state index is 8.30. The van der Waals surface area contributed by atoms with Crippen molar-refractivity contribution in [3.8, 4) is 6.07 Å². The Morgan fingerprint density at radius 2 is 2.30 bits per heavy atom. The van der Waals surface area contributed by atoms with E-state index in [4.69, 9.17) is 11.1 Å². The number of anilines is 1. The zero-order valence-corrected chi connectivity index (χ0v) is 5.07. The van der Waals surface area contributed by atoms with Gasteiger partial charge in [-0.15, -0.1) is 10.2 Å². The third kappa shape index (κ3) is 1.18. The summed E-state index contributed by atoms with van der Waals surface area (Å²) in [4.78, 5) is 0. The molecule has 0 amide bonds. The van der Waals surface area contributed by atoms with Gasteiger partial charge in [-0.1, -0.05) is 0 Å². The molecule has 0 aliphatic rings. The van der Waals surface area contributed by atoms with E-state index in [1.165, 1.54) is 6.07 Å². The van der Waals surface area contributed by atoms with Crippen molar-refractivity contribution in [3.05, 3.63) is 17.8 Å². The number of hydrogen-bond donors (Lipinski definition) is 2. The zero-order chi connectivity index (χ0) is 7.40. The van der Waals surface area contributed by atoms with Crippen LogP contribution in [-0.2, 0) is 0 Å². The van der Waals surface area contributed by atoms with Gasteiger partial charge in [-0.3, -0.25) is 0 Å². The molecule has 0 atom stereocenters. The second kappa shape index (κ2) is 2.75. The number of nitrogens with zero attached hydrogens (tertiary/aromatic N) is 3. The number of aromatic nitrogens is 2. The Bertz CT molecular complexity index is 246. The fraction of sp³-hybridized carbons (Fsp3) is 0. The van der Waals surface area contributed by atoms with Crippen molar-refractivity contribution in [1.82, 2.24) is 10.2 Å². The Morgan fingerprint density at radius 1 is 1.50 bits per heavy atom. The average Bonchev–Trinajstić information content (AvgIpc) is 2.05. The van der Waals surface area contributed by atoms with Gasteiger partial charge in [-0.05, 0) is 12.1 Å². The minimum atomic E-state index is 0.277. The largest absolute Gasteiger partial charge is 0.307 e. The zero-order valence-electron chi connectivity index (χ0n) is 5.07. The first-order valence-electron chi connectivity index (χ1n) is 2.57. The molecule has 0 saturated carbocycles. The van der Waals surface area contributed by atoms with Crippen molar-refractivity contribution in [2.75, 3.05) is 5.43 Å². The second-order valence-electron chi connectivity index (χ2n) is 1.56. The molecule has 0 saturated heterocycles. The summed E-state index contributed by atoms with van der Waals surface area (Å²) in [7, 11) is 0. The third-order valence-electron chi connectivity index (χ3n) is 0.927. The molecular weight excluding hydrogens is 130 g/mol. The van der Waals surface area contributed by atoms with Gasteiger partial charge < -0.3 is 5.43 Å². The monoisotopic (exact) mass is 135 g/mol. The van der Waals surface area contributed by atoms with Crippen molar-refractivity contribution >= 4 is 5.82 Å². The van der Waals surface area contributed by atoms with Crippen molar-refractivity contribution in [2.45, 2.75) is 0 Å². The molecule has 0 aromatic carbocycles. The molecule has 10 heavy (non-hydrogen) atoms. The smallest absolute Gasteiger partial charge is 0.163 e. The van der Waals surface area contributed by atoms with Gasteiger partial charge in [0, 0.05) is 0 Å². The van der Waals surface area contributed by atoms with Crippen molar-refractivity contribution in [3.63, 3.8) is 0 Å². The van der Waals surface area contributed by atoms with E-state index in [-0.39, 0.29) is 5.69 Å². The van der Waals surface area contributed by atoms with Crippen LogP contribution >= 0.6 is 0 Å². The molecule has 1 heterocycles. The molecule has 1 aromatic rings. The van der Waals surface area contributed by atoms with Crippen molar-refractivity contribution < 1.29 is 0 Å². The van der Waals surface area contributed by atoms with Gasteiger partial charge in [0.15, 0.2) is 11.5 Å². The molecule has 0 spiro atoms. The predicted octanol–water partition coefficient (Wildman–Crippen LogP) is -0.366. The quantitative estimate of drug-likeness (QED) is 0.405. The van der Waals surface area contributed by atoms with Crippen LogP contribution in [0.3, 0.4) is 0 Å². The van der Waals surface area contributed by atoms with E-state index in [0.29, 0.717) is 5.82 Å². The molecule has 0 fully saturated rings. The van der Waals surface area contributed by atoms with Crippen LogP contribution in [0, 0.1) is 11.3 Å². The number of nitrogens with two attached hydrogens (primary N) is 1. The molecule has 0 bridgehead atoms. The summed E-state index contributed by atoms with van der Waals surface area (Å²) >= 11 is 0. The Balaban J connectivity index is 2.93. The van der Waals surface area contributed by atoms with Gasteiger partial charge in [0.05, 0.1) is 0 Å². The SMILES string of the molecule is N#Cc1ccc(NN)nn1. The summed E-state index contributed by atoms with van der Waals surface area (Å²) < 4.78 is 0. The molecule has 0 unspecified atom stereocenters. The first-order chi connectivity index (χ1) is 4.86. The molecule has 1 aromatic heterocycles. The van der Waals surface area contributed by atoms with Gasteiger partial charge in [0.25, 0.3) is 0 Å². The topological polar surface area (TPSA) is 87.6 Å². The van der Waals surface area contributed by atoms with Crippen LogP contribution in [0.15, 0.2) is 12.1 Å². The molecule has 0 aliphatic heterocycles. The molecule has 0 radical (unpaired) electrons. The lowest BCUT2D eigenvalue weighted by molar-refractivity contribution is 1.00. The number of nitriles is 1. The maximum absolute atomic E-state index is 8.30. The minimum absolute atomic E-state index is 0.277. The van der Waals surface area contributed by atoms with E-state index in [9.17, 15) is 0 Å². The molecule has 5 heteroatoms. The van der Waals surface area contributed by atoms with Crippen LogP contribution < -0.4 is 11.3 Å². The molecule has 5 nitrogen and oxygen atoms in total. The standard InChI is InChI=1S/C5H5N5/c6-3-4-1-2-5(8-7)10-9-4/h1-2H,7H2,(H,8,10). The van der Waals surface area contributed by atoms with Crippen molar-refractivity contribution in [2.24, 2.45) is 5.84 Å². The number of nitrogen functional groups attached to an aromatic ring is 1. The lowest BCUT2D eigenvalue weighted by atomic mass is 10.4. The Hall–Kier alpha value is -1.67. The minimum Gasteiger partial charge on any atom is -0.307 e. The van der Waals surface area contributed by atoms with E-state index in [0.717, 1.165) is 0 Å². The van der Waals surface area contributed by atoms with Gasteiger partial charge >= 0.3 is 0 Å². The highest BCUT2D eigenvalue weighted by Gasteiger charge is 1.91. The number of nitrogens with one attached hydrogen (secondary N) is 1. The van der Waals surface area contributed by atoms with E-state index in [1.807, 2.05) is 6.07 Å². The van der Waals surface area contributed by atoms with Crippen molar-refractivity contribution in [1.29, 1.82) is 5.26 Å². The summed E-state index contributed by atoms with van der Waals surface area (Å²) in [6.45, 7) is 0. The van der Waals surface area contributed by atoms with Crippen LogP contribution in [0.5, 0.6) is 0 Å². The Kier molecular flexibility index (Phi) is 1.78. The third-order valence-corrected chi connectivity index (χ3v) is 0.927. The van der Waals surface area contributed by atoms with Crippen LogP contribution in [0.2, 0.25) is 0 Å². The first-order valence-corrected chi connectivity index (χ1v) is 2.57. The summed E-state index contributed by atoms with van der Waals surface area (Å²) in [6.07, 6.45) is 0. The van der Waals surface area contributed by atoms with Gasteiger partial charge in [-0.25, -0.2) is 5.84 Å². The van der Waals surface area contributed by atoms with Crippen LogP contribution in [-0.4, -0.2) is 10.2 Å². The second-order valence-corrected chi connectivity index (χ2v) is 1.56. The predicted molar refractivity (Wildman–Crippen MR) is 34.6 cm³/mol. The van der Waals surface area contributed by atoms with Crippen LogP contribution in [0.4, 0.5) is 5.82 Å². The molecule has 0 aliphatic carbocycles. The highest BCUT2D eigenvalue weighted by Crippen LogP contribution is 1.97. The average molecular weight is 135 g/mol. The summed E-state index contributed by atoms with van der Waals surface area (Å²) in [6, 6.07) is 4.94. The maximum Gasteiger partial charge on any atom is 0.163 e. The van der Waals surface area contributed by atoms with E-state index >= 15 is 0 Å². The van der Waals surface area contributed by atoms with Gasteiger partial charge in [0.1, 0.15) is 6.07 Å². The van der Waals surface area contributed by atoms with Gasteiger partial charge in [0.2, 0.25) is 0 Å². The van der Waals surface area contributed by atoms with E-state index in [1.54, 1.807) is 6.07 Å². The summed E-state index contributed by atoms with van der Waals surface area (Å²) in [5.74, 6) is 5.45. The molecule has 3 N–H and O–H groups in total. The fourth-order valence-electron chi connectivity index (χ4n) is 0.469. The summed E-state index contributed by atoms with van der Waals surface area (Å²) in [5, 5.41) is 15.4. The van der Waals surface area contributed by atoms with Crippen LogP contribution in [0.25, 0.3) is 0 Å². The first kappa shape index (κ1) is 6.45. The lowest BCUT2D eigenvalue weighted by Gasteiger charge is -1.93. The molecule has 50 valence electrons. The van der Waals surface area contributed by atoms with E-state index in [2.05, 4.69) is 15.6 Å². The summed E-state index contributed by atoms with van der Waals surface area (Å²) in [5.41, 5.74) is 2.57. The normalized spacial score (nSPS) is 8.40.